The van der Waals surface area contributed by atoms with Crippen LogP contribution < -0.4 is 0 Å². The monoisotopic (exact) mass is 112 g/mol. The number of aliphatic hydroxyl groups excluding tert-OH is 1. The summed E-state index contributed by atoms with van der Waals surface area (Å²) in [5, 5.41) is 12.1. The second kappa shape index (κ2) is 1.96. The van der Waals surface area contributed by atoms with Gasteiger partial charge < -0.3 is 9.63 Å². The topological polar surface area (TPSA) is 46.3 Å². The quantitative estimate of drug-likeness (QED) is 0.576. The molecule has 0 amide bonds. The molecule has 0 aliphatic carbocycles. The molecule has 1 rings (SSSR count). The van der Waals surface area contributed by atoms with E-state index in [4.69, 9.17) is 5.11 Å². The molecular weight excluding hydrogens is 106 g/mol. The van der Waals surface area contributed by atoms with E-state index in [0.29, 0.717) is 5.56 Å². The highest BCUT2D eigenvalue weighted by atomic mass is 16.5. The van der Waals surface area contributed by atoms with Gasteiger partial charge in [0.1, 0.15) is 6.26 Å². The molecular formula is C5H6NO2. The molecule has 0 spiro atoms. The van der Waals surface area contributed by atoms with Crippen LogP contribution in [0.3, 0.4) is 0 Å². The molecule has 8 heavy (non-hydrogen) atoms. The summed E-state index contributed by atoms with van der Waals surface area (Å²) in [6.07, 6.45) is 2.07. The van der Waals surface area contributed by atoms with Gasteiger partial charge >= 0.3 is 0 Å². The first kappa shape index (κ1) is 5.31. The molecule has 1 unspecified atom stereocenters. The zero-order valence-electron chi connectivity index (χ0n) is 4.24. The lowest BCUT2D eigenvalue weighted by Gasteiger charge is -1.92. The number of rotatable bonds is 1. The summed E-state index contributed by atoms with van der Waals surface area (Å²) in [5.41, 5.74) is 0.602. The first-order chi connectivity index (χ1) is 3.80. The molecule has 0 bridgehead atoms. The molecule has 0 saturated heterocycles. The van der Waals surface area contributed by atoms with Gasteiger partial charge in [-0.05, 0) is 6.92 Å². The van der Waals surface area contributed by atoms with Crippen LogP contribution in [0, 0.1) is 6.92 Å². The molecule has 0 aromatic carbocycles. The van der Waals surface area contributed by atoms with Crippen molar-refractivity contribution in [3.05, 3.63) is 24.9 Å². The largest absolute Gasteiger partial charge is 0.388 e. The van der Waals surface area contributed by atoms with Gasteiger partial charge in [-0.1, -0.05) is 5.16 Å². The van der Waals surface area contributed by atoms with Crippen LogP contribution in [0.15, 0.2) is 17.0 Å². The van der Waals surface area contributed by atoms with Crippen LogP contribution in [0.25, 0.3) is 0 Å². The number of aliphatic hydroxyl groups is 1. The van der Waals surface area contributed by atoms with Crippen LogP contribution in [-0.2, 0) is 0 Å². The first-order valence-electron chi connectivity index (χ1n) is 2.21. The van der Waals surface area contributed by atoms with Gasteiger partial charge in [-0.2, -0.15) is 0 Å². The van der Waals surface area contributed by atoms with Crippen LogP contribution in [0.1, 0.15) is 11.7 Å². The standard InChI is InChI=1S/C5H6NO2/c1-4(7)5-2-6-8-3-5/h2-4,7H,1H2. The molecule has 0 saturated carbocycles. The third kappa shape index (κ3) is 0.869. The fourth-order valence-electron chi connectivity index (χ4n) is 0.378. The normalized spacial score (nSPS) is 13.8. The Morgan fingerprint density at radius 3 is 2.88 bits per heavy atom. The van der Waals surface area contributed by atoms with Gasteiger partial charge in [-0.3, -0.25) is 0 Å². The van der Waals surface area contributed by atoms with Gasteiger partial charge in [-0.25, -0.2) is 0 Å². The van der Waals surface area contributed by atoms with Crippen molar-refractivity contribution in [1.29, 1.82) is 0 Å². The Bertz CT molecular complexity index is 145. The summed E-state index contributed by atoms with van der Waals surface area (Å²) >= 11 is 0. The van der Waals surface area contributed by atoms with E-state index in [-0.39, 0.29) is 0 Å². The predicted molar refractivity (Wildman–Crippen MR) is 26.8 cm³/mol. The van der Waals surface area contributed by atoms with Crippen molar-refractivity contribution in [3.8, 4) is 0 Å². The van der Waals surface area contributed by atoms with Crippen molar-refractivity contribution in [2.45, 2.75) is 6.10 Å². The van der Waals surface area contributed by atoms with Gasteiger partial charge in [0.2, 0.25) is 0 Å². The lowest BCUT2D eigenvalue weighted by atomic mass is 10.2. The number of nitrogens with zero attached hydrogens (tertiary/aromatic N) is 1. The lowest BCUT2D eigenvalue weighted by Crippen LogP contribution is -1.85. The molecule has 1 radical (unpaired) electrons. The molecule has 1 atom stereocenters. The lowest BCUT2D eigenvalue weighted by molar-refractivity contribution is 0.225. The molecule has 3 nitrogen and oxygen atoms in total. The van der Waals surface area contributed by atoms with Crippen molar-refractivity contribution in [2.75, 3.05) is 0 Å². The van der Waals surface area contributed by atoms with E-state index in [9.17, 15) is 0 Å². The van der Waals surface area contributed by atoms with Gasteiger partial charge in [0, 0.05) is 5.56 Å². The van der Waals surface area contributed by atoms with Gasteiger partial charge in [-0.15, -0.1) is 0 Å². The third-order valence-electron chi connectivity index (χ3n) is 0.836. The third-order valence-corrected chi connectivity index (χ3v) is 0.836. The van der Waals surface area contributed by atoms with E-state index in [1.54, 1.807) is 0 Å². The minimum atomic E-state index is -0.721. The zero-order valence-corrected chi connectivity index (χ0v) is 4.24. The Labute approximate surface area is 46.9 Å². The highest BCUT2D eigenvalue weighted by Crippen LogP contribution is 2.07. The molecule has 0 aliphatic heterocycles. The van der Waals surface area contributed by atoms with E-state index >= 15 is 0 Å². The van der Waals surface area contributed by atoms with E-state index in [1.807, 2.05) is 0 Å². The molecule has 3 heteroatoms. The second-order valence-corrected chi connectivity index (χ2v) is 1.47. The maximum absolute atomic E-state index is 8.70. The summed E-state index contributed by atoms with van der Waals surface area (Å²) in [4.78, 5) is 0. The second-order valence-electron chi connectivity index (χ2n) is 1.47. The van der Waals surface area contributed by atoms with Gasteiger partial charge in [0.15, 0.2) is 0 Å². The summed E-state index contributed by atoms with van der Waals surface area (Å²) in [7, 11) is 0. The van der Waals surface area contributed by atoms with Crippen molar-refractivity contribution in [2.24, 2.45) is 0 Å². The molecule has 1 aromatic heterocycles. The Balaban J connectivity index is 2.77. The Kier molecular flexibility index (Phi) is 1.30. The minimum absolute atomic E-state index is 0.602. The fraction of sp³-hybridized carbons (Fsp3) is 0.200. The van der Waals surface area contributed by atoms with Crippen molar-refractivity contribution in [1.82, 2.24) is 5.16 Å². The van der Waals surface area contributed by atoms with E-state index in [2.05, 4.69) is 16.6 Å². The molecule has 1 heterocycles. The average Bonchev–Trinajstić information content (AvgIpc) is 2.12. The molecule has 1 aromatic rings. The van der Waals surface area contributed by atoms with E-state index < -0.39 is 6.10 Å². The van der Waals surface area contributed by atoms with E-state index in [1.165, 1.54) is 12.5 Å². The summed E-state index contributed by atoms with van der Waals surface area (Å²) < 4.78 is 4.43. The number of hydrogen-bond donors (Lipinski definition) is 1. The van der Waals surface area contributed by atoms with Crippen LogP contribution in [0.5, 0.6) is 0 Å². The van der Waals surface area contributed by atoms with Crippen LogP contribution in [-0.4, -0.2) is 10.3 Å². The summed E-state index contributed by atoms with van der Waals surface area (Å²) in [6, 6.07) is 0. The highest BCUT2D eigenvalue weighted by Gasteiger charge is 2.00. The molecule has 0 fully saturated rings. The van der Waals surface area contributed by atoms with Crippen molar-refractivity contribution >= 4 is 0 Å². The van der Waals surface area contributed by atoms with Crippen molar-refractivity contribution in [3.63, 3.8) is 0 Å². The van der Waals surface area contributed by atoms with Crippen LogP contribution >= 0.6 is 0 Å². The maximum atomic E-state index is 8.70. The van der Waals surface area contributed by atoms with Crippen LogP contribution in [0.4, 0.5) is 0 Å². The highest BCUT2D eigenvalue weighted by molar-refractivity contribution is 5.05. The van der Waals surface area contributed by atoms with Gasteiger partial charge in [0.05, 0.1) is 12.3 Å². The Hall–Kier alpha value is -0.830. The molecule has 1 N–H and O–H groups in total. The first-order valence-corrected chi connectivity index (χ1v) is 2.21. The molecule has 0 aliphatic rings. The summed E-state index contributed by atoms with van der Waals surface area (Å²) in [5.74, 6) is 0. The smallest absolute Gasteiger partial charge is 0.129 e. The fourth-order valence-corrected chi connectivity index (χ4v) is 0.378. The van der Waals surface area contributed by atoms with E-state index in [0.717, 1.165) is 0 Å². The molecule has 43 valence electrons. The number of hydrogen-bond acceptors (Lipinski definition) is 3. The maximum Gasteiger partial charge on any atom is 0.129 e. The Morgan fingerprint density at radius 2 is 2.62 bits per heavy atom. The van der Waals surface area contributed by atoms with Crippen LogP contribution in [0.2, 0.25) is 0 Å². The van der Waals surface area contributed by atoms with Crippen molar-refractivity contribution < 1.29 is 9.63 Å². The number of aromatic nitrogens is 1. The predicted octanol–water partition coefficient (Wildman–Crippen LogP) is 0.542. The SMILES string of the molecule is [CH2]C(O)c1cnoc1. The van der Waals surface area contributed by atoms with Gasteiger partial charge in [0.25, 0.3) is 0 Å². The minimum Gasteiger partial charge on any atom is -0.388 e. The zero-order chi connectivity index (χ0) is 5.98. The summed E-state index contributed by atoms with van der Waals surface area (Å²) in [6.45, 7) is 3.34. The Morgan fingerprint density at radius 1 is 1.88 bits per heavy atom. The average molecular weight is 112 g/mol.